The Balaban J connectivity index is 1.54. The SMILES string of the molecule is CN(CC1CN(Cc2ncc[nH]2)CCO1)c1cccnn1. The third-order valence-electron chi connectivity index (χ3n) is 3.58. The van der Waals surface area contributed by atoms with Gasteiger partial charge >= 0.3 is 0 Å². The van der Waals surface area contributed by atoms with E-state index < -0.39 is 0 Å². The van der Waals surface area contributed by atoms with Crippen LogP contribution in [0.2, 0.25) is 0 Å². The summed E-state index contributed by atoms with van der Waals surface area (Å²) >= 11 is 0. The zero-order valence-electron chi connectivity index (χ0n) is 12.1. The van der Waals surface area contributed by atoms with Gasteiger partial charge in [0.05, 0.1) is 19.3 Å². The third-order valence-corrected chi connectivity index (χ3v) is 3.58. The average Bonchev–Trinajstić information content (AvgIpc) is 3.01. The van der Waals surface area contributed by atoms with Gasteiger partial charge < -0.3 is 14.6 Å². The van der Waals surface area contributed by atoms with E-state index in [2.05, 4.69) is 30.0 Å². The Morgan fingerprint density at radius 2 is 2.43 bits per heavy atom. The van der Waals surface area contributed by atoms with Crippen LogP contribution in [0.4, 0.5) is 5.82 Å². The Morgan fingerprint density at radius 3 is 3.19 bits per heavy atom. The van der Waals surface area contributed by atoms with Crippen molar-refractivity contribution in [2.75, 3.05) is 38.2 Å². The topological polar surface area (TPSA) is 70.2 Å². The number of hydrogen-bond acceptors (Lipinski definition) is 6. The van der Waals surface area contributed by atoms with Crippen molar-refractivity contribution >= 4 is 5.82 Å². The molecule has 1 saturated heterocycles. The number of rotatable bonds is 5. The molecule has 0 aliphatic carbocycles. The van der Waals surface area contributed by atoms with Crippen molar-refractivity contribution in [3.63, 3.8) is 0 Å². The first kappa shape index (κ1) is 14.0. The fraction of sp³-hybridized carbons (Fsp3) is 0.500. The van der Waals surface area contributed by atoms with Gasteiger partial charge in [0.25, 0.3) is 0 Å². The van der Waals surface area contributed by atoms with Crippen LogP contribution < -0.4 is 4.90 Å². The first-order valence-corrected chi connectivity index (χ1v) is 7.12. The smallest absolute Gasteiger partial charge is 0.151 e. The second kappa shape index (κ2) is 6.64. The molecule has 2 aromatic rings. The van der Waals surface area contributed by atoms with Crippen LogP contribution in [-0.4, -0.2) is 64.5 Å². The fourth-order valence-corrected chi connectivity index (χ4v) is 2.53. The maximum atomic E-state index is 5.86. The van der Waals surface area contributed by atoms with E-state index >= 15 is 0 Å². The molecule has 1 N–H and O–H groups in total. The van der Waals surface area contributed by atoms with Crippen LogP contribution in [0.25, 0.3) is 0 Å². The molecular formula is C14H20N6O. The van der Waals surface area contributed by atoms with Crippen LogP contribution in [0.5, 0.6) is 0 Å². The second-order valence-corrected chi connectivity index (χ2v) is 5.23. The second-order valence-electron chi connectivity index (χ2n) is 5.23. The molecule has 21 heavy (non-hydrogen) atoms. The number of nitrogens with zero attached hydrogens (tertiary/aromatic N) is 5. The highest BCUT2D eigenvalue weighted by Gasteiger charge is 2.22. The molecule has 1 unspecified atom stereocenters. The number of morpholine rings is 1. The Morgan fingerprint density at radius 1 is 1.48 bits per heavy atom. The third kappa shape index (κ3) is 3.77. The van der Waals surface area contributed by atoms with E-state index in [1.807, 2.05) is 25.4 Å². The van der Waals surface area contributed by atoms with E-state index in [1.165, 1.54) is 0 Å². The highest BCUT2D eigenvalue weighted by molar-refractivity contribution is 5.35. The maximum absolute atomic E-state index is 5.86. The minimum atomic E-state index is 0.167. The van der Waals surface area contributed by atoms with Crippen LogP contribution in [0.1, 0.15) is 5.82 Å². The van der Waals surface area contributed by atoms with E-state index in [4.69, 9.17) is 4.74 Å². The summed E-state index contributed by atoms with van der Waals surface area (Å²) in [4.78, 5) is 11.9. The summed E-state index contributed by atoms with van der Waals surface area (Å²) in [7, 11) is 2.01. The molecule has 0 saturated carbocycles. The zero-order valence-corrected chi connectivity index (χ0v) is 12.1. The first-order valence-electron chi connectivity index (χ1n) is 7.12. The maximum Gasteiger partial charge on any atom is 0.151 e. The van der Waals surface area contributed by atoms with E-state index in [-0.39, 0.29) is 6.10 Å². The van der Waals surface area contributed by atoms with Crippen molar-refractivity contribution in [2.24, 2.45) is 0 Å². The number of imidazole rings is 1. The number of hydrogen-bond donors (Lipinski definition) is 1. The minimum Gasteiger partial charge on any atom is -0.374 e. The van der Waals surface area contributed by atoms with Gasteiger partial charge in [0.1, 0.15) is 5.82 Å². The molecular weight excluding hydrogens is 268 g/mol. The predicted molar refractivity (Wildman–Crippen MR) is 78.9 cm³/mol. The number of anilines is 1. The van der Waals surface area contributed by atoms with Gasteiger partial charge in [0, 0.05) is 45.3 Å². The van der Waals surface area contributed by atoms with Gasteiger partial charge in [-0.25, -0.2) is 4.98 Å². The molecule has 3 heterocycles. The lowest BCUT2D eigenvalue weighted by atomic mass is 10.2. The summed E-state index contributed by atoms with van der Waals surface area (Å²) in [6.45, 7) is 4.21. The van der Waals surface area contributed by atoms with Crippen molar-refractivity contribution in [1.29, 1.82) is 0 Å². The molecule has 2 aromatic heterocycles. The summed E-state index contributed by atoms with van der Waals surface area (Å²) in [6.07, 6.45) is 5.49. The van der Waals surface area contributed by atoms with Crippen LogP contribution in [-0.2, 0) is 11.3 Å². The van der Waals surface area contributed by atoms with Gasteiger partial charge in [-0.05, 0) is 12.1 Å². The summed E-state index contributed by atoms with van der Waals surface area (Å²) < 4.78 is 5.86. The Labute approximate surface area is 124 Å². The van der Waals surface area contributed by atoms with Crippen LogP contribution in [0.15, 0.2) is 30.7 Å². The number of aromatic amines is 1. The van der Waals surface area contributed by atoms with Gasteiger partial charge in [-0.3, -0.25) is 4.90 Å². The first-order chi connectivity index (χ1) is 10.3. The quantitative estimate of drug-likeness (QED) is 0.866. The normalized spacial score (nSPS) is 19.6. The average molecular weight is 288 g/mol. The molecule has 1 atom stereocenters. The molecule has 0 aromatic carbocycles. The van der Waals surface area contributed by atoms with Gasteiger partial charge in [-0.1, -0.05) is 0 Å². The molecule has 112 valence electrons. The van der Waals surface area contributed by atoms with Gasteiger partial charge in [-0.2, -0.15) is 5.10 Å². The standard InChI is InChI=1S/C14H20N6O/c1-19(14-3-2-4-17-18-14)9-12-10-20(7-8-21-12)11-13-15-5-6-16-13/h2-6,12H,7-11H2,1H3,(H,15,16). The summed E-state index contributed by atoms with van der Waals surface area (Å²) in [5, 5.41) is 8.02. The fourth-order valence-electron chi connectivity index (χ4n) is 2.53. The van der Waals surface area contributed by atoms with Crippen LogP contribution in [0.3, 0.4) is 0 Å². The molecule has 3 rings (SSSR count). The van der Waals surface area contributed by atoms with E-state index in [9.17, 15) is 0 Å². The number of H-pyrrole nitrogens is 1. The number of ether oxygens (including phenoxy) is 1. The highest BCUT2D eigenvalue weighted by Crippen LogP contribution is 2.12. The molecule has 1 fully saturated rings. The molecule has 0 radical (unpaired) electrons. The summed E-state index contributed by atoms with van der Waals surface area (Å²) in [5.41, 5.74) is 0. The van der Waals surface area contributed by atoms with E-state index in [0.717, 1.165) is 44.4 Å². The number of likely N-dealkylation sites (N-methyl/N-ethyl adjacent to an activating group) is 1. The molecule has 7 nitrogen and oxygen atoms in total. The van der Waals surface area contributed by atoms with E-state index in [0.29, 0.717) is 0 Å². The Kier molecular flexibility index (Phi) is 4.42. The van der Waals surface area contributed by atoms with Crippen molar-refractivity contribution in [1.82, 2.24) is 25.1 Å². The van der Waals surface area contributed by atoms with Crippen LogP contribution in [0, 0.1) is 0 Å². The molecule has 0 bridgehead atoms. The van der Waals surface area contributed by atoms with Gasteiger partial charge in [0.2, 0.25) is 0 Å². The largest absolute Gasteiger partial charge is 0.374 e. The van der Waals surface area contributed by atoms with Crippen molar-refractivity contribution in [3.8, 4) is 0 Å². The Bertz CT molecular complexity index is 532. The van der Waals surface area contributed by atoms with Crippen molar-refractivity contribution in [2.45, 2.75) is 12.6 Å². The lowest BCUT2D eigenvalue weighted by Crippen LogP contribution is -2.46. The predicted octanol–water partition coefficient (Wildman–Crippen LogP) is 0.537. The summed E-state index contributed by atoms with van der Waals surface area (Å²) in [5.74, 6) is 1.86. The van der Waals surface area contributed by atoms with Crippen molar-refractivity contribution < 1.29 is 4.74 Å². The molecule has 1 aliphatic heterocycles. The molecule has 7 heteroatoms. The van der Waals surface area contributed by atoms with Crippen molar-refractivity contribution in [3.05, 3.63) is 36.5 Å². The minimum absolute atomic E-state index is 0.167. The monoisotopic (exact) mass is 288 g/mol. The number of nitrogens with one attached hydrogen (secondary N) is 1. The lowest BCUT2D eigenvalue weighted by Gasteiger charge is -2.34. The number of aromatic nitrogens is 4. The van der Waals surface area contributed by atoms with Crippen LogP contribution >= 0.6 is 0 Å². The molecule has 1 aliphatic rings. The molecule has 0 spiro atoms. The Hall–Kier alpha value is -1.99. The van der Waals surface area contributed by atoms with Gasteiger partial charge in [0.15, 0.2) is 5.82 Å². The lowest BCUT2D eigenvalue weighted by molar-refractivity contribution is -0.0271. The van der Waals surface area contributed by atoms with Gasteiger partial charge in [-0.15, -0.1) is 5.10 Å². The summed E-state index contributed by atoms with van der Waals surface area (Å²) in [6, 6.07) is 3.85. The highest BCUT2D eigenvalue weighted by atomic mass is 16.5. The van der Waals surface area contributed by atoms with E-state index in [1.54, 1.807) is 12.4 Å². The zero-order chi connectivity index (χ0) is 14.5. The molecule has 0 amide bonds.